The minimum atomic E-state index is 0.322. The van der Waals surface area contributed by atoms with Crippen LogP contribution >= 0.6 is 46.4 Å². The first-order valence-electron chi connectivity index (χ1n) is 5.33. The predicted octanol–water partition coefficient (Wildman–Crippen LogP) is 6.03. The summed E-state index contributed by atoms with van der Waals surface area (Å²) < 4.78 is 0. The second kappa shape index (κ2) is 6.03. The van der Waals surface area contributed by atoms with E-state index >= 15 is 0 Å². The van der Waals surface area contributed by atoms with E-state index in [1.165, 1.54) is 0 Å². The van der Waals surface area contributed by atoms with Crippen LogP contribution in [0.3, 0.4) is 0 Å². The number of rotatable bonds is 2. The fraction of sp³-hybridized carbons (Fsp3) is 0.0714. The van der Waals surface area contributed by atoms with Crippen LogP contribution in [0.2, 0.25) is 20.1 Å². The van der Waals surface area contributed by atoms with Crippen LogP contribution in [0.4, 0.5) is 0 Å². The second-order valence-corrected chi connectivity index (χ2v) is 5.50. The van der Waals surface area contributed by atoms with Gasteiger partial charge in [0.15, 0.2) is 0 Å². The van der Waals surface area contributed by atoms with Gasteiger partial charge in [-0.1, -0.05) is 58.5 Å². The minimum Gasteiger partial charge on any atom is -0.198 e. The summed E-state index contributed by atoms with van der Waals surface area (Å²) in [5.41, 5.74) is 2.44. The summed E-state index contributed by atoms with van der Waals surface area (Å²) in [7, 11) is 0. The van der Waals surface area contributed by atoms with Crippen molar-refractivity contribution < 1.29 is 0 Å². The van der Waals surface area contributed by atoms with Gasteiger partial charge in [-0.15, -0.1) is 0 Å². The molecule has 96 valence electrons. The van der Waals surface area contributed by atoms with E-state index in [2.05, 4.69) is 6.07 Å². The Morgan fingerprint density at radius 1 is 0.895 bits per heavy atom. The molecule has 5 heteroatoms. The summed E-state index contributed by atoms with van der Waals surface area (Å²) in [4.78, 5) is 0. The summed E-state index contributed by atoms with van der Waals surface area (Å²) in [5.74, 6) is 0. The smallest absolute Gasteiger partial charge is 0.0778 e. The first-order valence-corrected chi connectivity index (χ1v) is 6.84. The molecule has 2 aromatic rings. The number of halogens is 4. The van der Waals surface area contributed by atoms with Crippen molar-refractivity contribution in [3.8, 4) is 17.2 Å². The Bertz CT molecular complexity index is 651. The van der Waals surface area contributed by atoms with Crippen LogP contribution in [0.25, 0.3) is 11.1 Å². The number of benzene rings is 2. The zero-order valence-electron chi connectivity index (χ0n) is 9.55. The molecule has 0 saturated carbocycles. The van der Waals surface area contributed by atoms with E-state index in [0.717, 1.165) is 16.7 Å². The van der Waals surface area contributed by atoms with Crippen molar-refractivity contribution >= 4 is 46.4 Å². The van der Waals surface area contributed by atoms with Crippen LogP contribution in [0.1, 0.15) is 5.56 Å². The molecule has 0 unspecified atom stereocenters. The molecule has 2 aromatic carbocycles. The molecule has 0 N–H and O–H groups in total. The van der Waals surface area contributed by atoms with Gasteiger partial charge in [-0.05, 0) is 29.3 Å². The highest BCUT2D eigenvalue weighted by Crippen LogP contribution is 2.37. The second-order valence-electron chi connectivity index (χ2n) is 3.90. The van der Waals surface area contributed by atoms with Crippen molar-refractivity contribution in [3.05, 3.63) is 56.0 Å². The van der Waals surface area contributed by atoms with Gasteiger partial charge in [-0.2, -0.15) is 5.26 Å². The lowest BCUT2D eigenvalue weighted by Crippen LogP contribution is -1.86. The quantitative estimate of drug-likeness (QED) is 0.616. The van der Waals surface area contributed by atoms with Gasteiger partial charge in [-0.25, -0.2) is 0 Å². The van der Waals surface area contributed by atoms with Crippen LogP contribution in [0.15, 0.2) is 30.3 Å². The summed E-state index contributed by atoms with van der Waals surface area (Å²) >= 11 is 24.1. The molecule has 2 rings (SSSR count). The molecule has 0 heterocycles. The van der Waals surface area contributed by atoms with Crippen LogP contribution in [0, 0.1) is 11.3 Å². The Labute approximate surface area is 131 Å². The SMILES string of the molecule is N#CCc1ccc(-c2cc(Cl)c(Cl)c(Cl)c2)c(Cl)c1. The lowest BCUT2D eigenvalue weighted by molar-refractivity contribution is 1.26. The molecule has 0 aliphatic heterocycles. The molecule has 0 radical (unpaired) electrons. The minimum absolute atomic E-state index is 0.322. The fourth-order valence-electron chi connectivity index (χ4n) is 1.70. The van der Waals surface area contributed by atoms with Crippen molar-refractivity contribution in [1.29, 1.82) is 5.26 Å². The number of nitriles is 1. The first-order chi connectivity index (χ1) is 9.02. The lowest BCUT2D eigenvalue weighted by atomic mass is 10.0. The fourth-order valence-corrected chi connectivity index (χ4v) is 2.61. The Kier molecular flexibility index (Phi) is 4.60. The van der Waals surface area contributed by atoms with E-state index in [1.807, 2.05) is 12.1 Å². The van der Waals surface area contributed by atoms with Gasteiger partial charge >= 0.3 is 0 Å². The first kappa shape index (κ1) is 14.5. The molecular weight excluding hydrogens is 324 g/mol. The van der Waals surface area contributed by atoms with Crippen LogP contribution in [0.5, 0.6) is 0 Å². The zero-order valence-corrected chi connectivity index (χ0v) is 12.6. The van der Waals surface area contributed by atoms with E-state index in [9.17, 15) is 0 Å². The molecule has 1 nitrogen and oxygen atoms in total. The average molecular weight is 331 g/mol. The zero-order chi connectivity index (χ0) is 14.0. The molecule has 0 amide bonds. The van der Waals surface area contributed by atoms with Crippen LogP contribution in [-0.2, 0) is 6.42 Å². The number of hydrogen-bond acceptors (Lipinski definition) is 1. The molecule has 0 aromatic heterocycles. The highest BCUT2D eigenvalue weighted by molar-refractivity contribution is 6.48. The maximum absolute atomic E-state index is 8.66. The van der Waals surface area contributed by atoms with Crippen molar-refractivity contribution in [2.24, 2.45) is 0 Å². The Hall–Kier alpha value is -0.910. The molecule has 0 spiro atoms. The average Bonchev–Trinajstić information content (AvgIpc) is 2.36. The van der Waals surface area contributed by atoms with E-state index in [4.69, 9.17) is 51.7 Å². The maximum atomic E-state index is 8.66. The number of nitrogens with zero attached hydrogens (tertiary/aromatic N) is 1. The topological polar surface area (TPSA) is 23.8 Å². The van der Waals surface area contributed by atoms with Gasteiger partial charge in [0.1, 0.15) is 0 Å². The number of hydrogen-bond donors (Lipinski definition) is 0. The third kappa shape index (κ3) is 3.16. The Morgan fingerprint density at radius 2 is 1.53 bits per heavy atom. The molecule has 19 heavy (non-hydrogen) atoms. The van der Waals surface area contributed by atoms with Crippen molar-refractivity contribution in [1.82, 2.24) is 0 Å². The van der Waals surface area contributed by atoms with Gasteiger partial charge in [-0.3, -0.25) is 0 Å². The van der Waals surface area contributed by atoms with E-state index in [0.29, 0.717) is 26.5 Å². The summed E-state index contributed by atoms with van der Waals surface area (Å²) in [5, 5.41) is 10.3. The van der Waals surface area contributed by atoms with E-state index < -0.39 is 0 Å². The van der Waals surface area contributed by atoms with Crippen molar-refractivity contribution in [2.75, 3.05) is 0 Å². The van der Waals surface area contributed by atoms with Crippen molar-refractivity contribution in [2.45, 2.75) is 6.42 Å². The molecule has 0 atom stereocenters. The monoisotopic (exact) mass is 329 g/mol. The predicted molar refractivity (Wildman–Crippen MR) is 81.2 cm³/mol. The molecule has 0 saturated heterocycles. The standard InChI is InChI=1S/C14H7Cl4N/c15-11-5-8(3-4-19)1-2-10(11)9-6-12(16)14(18)13(17)7-9/h1-2,5-7H,3H2. The highest BCUT2D eigenvalue weighted by atomic mass is 35.5. The third-order valence-corrected chi connectivity index (χ3v) is 4.12. The van der Waals surface area contributed by atoms with Crippen molar-refractivity contribution in [3.63, 3.8) is 0 Å². The Morgan fingerprint density at radius 3 is 2.05 bits per heavy atom. The summed E-state index contributed by atoms with van der Waals surface area (Å²) in [6, 6.07) is 10.9. The summed E-state index contributed by atoms with van der Waals surface area (Å²) in [6.07, 6.45) is 0.322. The van der Waals surface area contributed by atoms with E-state index in [1.54, 1.807) is 18.2 Å². The normalized spacial score (nSPS) is 10.3. The third-order valence-electron chi connectivity index (χ3n) is 2.61. The Balaban J connectivity index is 2.51. The molecule has 0 fully saturated rings. The largest absolute Gasteiger partial charge is 0.198 e. The van der Waals surface area contributed by atoms with Gasteiger partial charge < -0.3 is 0 Å². The molecule has 0 aliphatic carbocycles. The van der Waals surface area contributed by atoms with Crippen LogP contribution in [-0.4, -0.2) is 0 Å². The highest BCUT2D eigenvalue weighted by Gasteiger charge is 2.10. The molecule has 0 bridgehead atoms. The summed E-state index contributed by atoms with van der Waals surface area (Å²) in [6.45, 7) is 0. The maximum Gasteiger partial charge on any atom is 0.0778 e. The van der Waals surface area contributed by atoms with Crippen LogP contribution < -0.4 is 0 Å². The lowest BCUT2D eigenvalue weighted by Gasteiger charge is -2.08. The van der Waals surface area contributed by atoms with Gasteiger partial charge in [0.2, 0.25) is 0 Å². The van der Waals surface area contributed by atoms with Gasteiger partial charge in [0, 0.05) is 10.6 Å². The van der Waals surface area contributed by atoms with Gasteiger partial charge in [0.25, 0.3) is 0 Å². The molecule has 0 aliphatic rings. The van der Waals surface area contributed by atoms with E-state index in [-0.39, 0.29) is 0 Å². The molecular formula is C14H7Cl4N. The van der Waals surface area contributed by atoms with Gasteiger partial charge in [0.05, 0.1) is 27.6 Å².